The van der Waals surface area contributed by atoms with E-state index in [2.05, 4.69) is 5.32 Å². The second kappa shape index (κ2) is 7.28. The van der Waals surface area contributed by atoms with Crippen molar-refractivity contribution in [1.82, 2.24) is 0 Å². The molecule has 0 aliphatic carbocycles. The Kier molecular flexibility index (Phi) is 5.39. The van der Waals surface area contributed by atoms with Crippen LogP contribution in [0.3, 0.4) is 0 Å². The number of anilines is 1. The fourth-order valence-electron chi connectivity index (χ4n) is 2.16. The topological polar surface area (TPSA) is 33.5 Å². The largest absolute Gasteiger partial charge is 0.324 e. The van der Waals surface area contributed by atoms with Crippen molar-refractivity contribution >= 4 is 11.6 Å². The standard InChI is InChI=1S/C17H17F3N2O/c1-11(22(2)10-12-6-4-3-5-7-12)17(23)21-14-9-8-13(18)15(19)16(14)20/h3-9,11H,10H2,1-2H3,(H,21,23)/p+1/t11-/m0/s1. The number of nitrogens with one attached hydrogen (secondary N) is 2. The summed E-state index contributed by atoms with van der Waals surface area (Å²) in [5.41, 5.74) is 0.692. The Morgan fingerprint density at radius 1 is 1.09 bits per heavy atom. The minimum atomic E-state index is -1.60. The second-order valence-electron chi connectivity index (χ2n) is 5.44. The molecule has 0 heterocycles. The van der Waals surface area contributed by atoms with Gasteiger partial charge in [0.15, 0.2) is 23.5 Å². The highest BCUT2D eigenvalue weighted by atomic mass is 19.2. The molecule has 0 bridgehead atoms. The Hall–Kier alpha value is -2.34. The van der Waals surface area contributed by atoms with Gasteiger partial charge in [-0.1, -0.05) is 30.3 Å². The highest BCUT2D eigenvalue weighted by Gasteiger charge is 2.24. The summed E-state index contributed by atoms with van der Waals surface area (Å²) in [6.45, 7) is 2.29. The summed E-state index contributed by atoms with van der Waals surface area (Å²) in [6, 6.07) is 10.9. The van der Waals surface area contributed by atoms with E-state index in [1.165, 1.54) is 0 Å². The number of halogens is 3. The molecule has 23 heavy (non-hydrogen) atoms. The van der Waals surface area contributed by atoms with Crippen LogP contribution in [0.2, 0.25) is 0 Å². The van der Waals surface area contributed by atoms with Gasteiger partial charge in [0.25, 0.3) is 5.91 Å². The first-order chi connectivity index (χ1) is 10.9. The fourth-order valence-corrected chi connectivity index (χ4v) is 2.16. The normalized spacial score (nSPS) is 13.4. The first-order valence-electron chi connectivity index (χ1n) is 7.20. The van der Waals surface area contributed by atoms with Gasteiger partial charge in [-0.15, -0.1) is 0 Å². The van der Waals surface area contributed by atoms with Gasteiger partial charge < -0.3 is 10.2 Å². The van der Waals surface area contributed by atoms with Crippen molar-refractivity contribution in [1.29, 1.82) is 0 Å². The van der Waals surface area contributed by atoms with Gasteiger partial charge in [-0.3, -0.25) is 4.79 Å². The van der Waals surface area contributed by atoms with Crippen molar-refractivity contribution in [2.75, 3.05) is 12.4 Å². The lowest BCUT2D eigenvalue weighted by molar-refractivity contribution is -0.907. The van der Waals surface area contributed by atoms with Crippen molar-refractivity contribution in [2.45, 2.75) is 19.5 Å². The molecule has 2 N–H and O–H groups in total. The van der Waals surface area contributed by atoms with Crippen LogP contribution in [-0.4, -0.2) is 19.0 Å². The number of likely N-dealkylation sites (N-methyl/N-ethyl adjacent to an activating group) is 1. The highest BCUT2D eigenvalue weighted by Crippen LogP contribution is 2.19. The average Bonchev–Trinajstić information content (AvgIpc) is 2.55. The molecule has 1 unspecified atom stereocenters. The van der Waals surface area contributed by atoms with Gasteiger partial charge in [0, 0.05) is 5.56 Å². The third kappa shape index (κ3) is 4.10. The summed E-state index contributed by atoms with van der Waals surface area (Å²) in [7, 11) is 1.83. The van der Waals surface area contributed by atoms with Crippen LogP contribution in [0.25, 0.3) is 0 Å². The van der Waals surface area contributed by atoms with Gasteiger partial charge in [-0.05, 0) is 19.1 Å². The molecule has 2 aromatic rings. The van der Waals surface area contributed by atoms with E-state index in [0.29, 0.717) is 6.54 Å². The Labute approximate surface area is 132 Å². The Bertz CT molecular complexity index is 692. The second-order valence-corrected chi connectivity index (χ2v) is 5.44. The number of benzene rings is 2. The zero-order valence-electron chi connectivity index (χ0n) is 12.9. The number of rotatable bonds is 5. The summed E-state index contributed by atoms with van der Waals surface area (Å²) in [5.74, 6) is -4.75. The van der Waals surface area contributed by atoms with E-state index in [0.717, 1.165) is 22.6 Å². The zero-order chi connectivity index (χ0) is 17.0. The third-order valence-electron chi connectivity index (χ3n) is 3.75. The van der Waals surface area contributed by atoms with Crippen LogP contribution in [0.15, 0.2) is 42.5 Å². The lowest BCUT2D eigenvalue weighted by atomic mass is 10.2. The molecular formula is C17H18F3N2O+. The van der Waals surface area contributed by atoms with E-state index in [1.54, 1.807) is 6.92 Å². The van der Waals surface area contributed by atoms with E-state index in [4.69, 9.17) is 0 Å². The monoisotopic (exact) mass is 323 g/mol. The van der Waals surface area contributed by atoms with Crippen LogP contribution in [0.4, 0.5) is 18.9 Å². The van der Waals surface area contributed by atoms with E-state index < -0.39 is 29.4 Å². The van der Waals surface area contributed by atoms with Crippen LogP contribution in [0.1, 0.15) is 12.5 Å². The predicted octanol–water partition coefficient (Wildman–Crippen LogP) is 2.15. The molecule has 0 aliphatic rings. The smallest absolute Gasteiger partial charge is 0.282 e. The number of carbonyl (C=O) groups excluding carboxylic acids is 1. The summed E-state index contributed by atoms with van der Waals surface area (Å²) < 4.78 is 39.7. The van der Waals surface area contributed by atoms with E-state index in [-0.39, 0.29) is 5.69 Å². The van der Waals surface area contributed by atoms with Gasteiger partial charge in [0.1, 0.15) is 6.54 Å². The Morgan fingerprint density at radius 3 is 2.39 bits per heavy atom. The molecule has 0 radical (unpaired) electrons. The molecule has 6 heteroatoms. The van der Waals surface area contributed by atoms with Crippen molar-refractivity contribution in [2.24, 2.45) is 0 Å². The molecule has 3 nitrogen and oxygen atoms in total. The molecule has 0 aliphatic heterocycles. The first kappa shape index (κ1) is 17.0. The molecule has 122 valence electrons. The van der Waals surface area contributed by atoms with Crippen molar-refractivity contribution < 1.29 is 22.9 Å². The van der Waals surface area contributed by atoms with Gasteiger partial charge in [0.05, 0.1) is 12.7 Å². The van der Waals surface area contributed by atoms with E-state index in [9.17, 15) is 18.0 Å². The van der Waals surface area contributed by atoms with Gasteiger partial charge in [0.2, 0.25) is 0 Å². The predicted molar refractivity (Wildman–Crippen MR) is 81.4 cm³/mol. The molecule has 0 spiro atoms. The number of quaternary nitrogens is 1. The van der Waals surface area contributed by atoms with Crippen molar-refractivity contribution in [3.8, 4) is 0 Å². The fraction of sp³-hybridized carbons (Fsp3) is 0.235. The molecule has 2 atom stereocenters. The summed E-state index contributed by atoms with van der Waals surface area (Å²) in [4.78, 5) is 13.1. The maximum absolute atomic E-state index is 13.6. The maximum Gasteiger partial charge on any atom is 0.282 e. The van der Waals surface area contributed by atoms with Crippen molar-refractivity contribution in [3.63, 3.8) is 0 Å². The Balaban J connectivity index is 2.04. The number of hydrogen-bond donors (Lipinski definition) is 2. The molecular weight excluding hydrogens is 305 g/mol. The molecule has 0 fully saturated rings. The van der Waals surface area contributed by atoms with E-state index in [1.807, 2.05) is 37.4 Å². The zero-order valence-corrected chi connectivity index (χ0v) is 12.9. The van der Waals surface area contributed by atoms with Crippen LogP contribution < -0.4 is 10.2 Å². The van der Waals surface area contributed by atoms with Crippen molar-refractivity contribution in [3.05, 3.63) is 65.5 Å². The Morgan fingerprint density at radius 2 is 1.74 bits per heavy atom. The van der Waals surface area contributed by atoms with E-state index >= 15 is 0 Å². The quantitative estimate of drug-likeness (QED) is 0.812. The minimum Gasteiger partial charge on any atom is -0.324 e. The van der Waals surface area contributed by atoms with Gasteiger partial charge >= 0.3 is 0 Å². The van der Waals surface area contributed by atoms with Crippen LogP contribution >= 0.6 is 0 Å². The summed E-state index contributed by atoms with van der Waals surface area (Å²) >= 11 is 0. The average molecular weight is 323 g/mol. The van der Waals surface area contributed by atoms with Crippen LogP contribution in [0.5, 0.6) is 0 Å². The summed E-state index contributed by atoms with van der Waals surface area (Å²) in [5, 5.41) is 2.30. The lowest BCUT2D eigenvalue weighted by Gasteiger charge is -2.21. The van der Waals surface area contributed by atoms with Gasteiger partial charge in [-0.25, -0.2) is 13.2 Å². The summed E-state index contributed by atoms with van der Waals surface area (Å²) in [6.07, 6.45) is 0. The molecule has 0 aromatic heterocycles. The van der Waals surface area contributed by atoms with Gasteiger partial charge in [-0.2, -0.15) is 0 Å². The third-order valence-corrected chi connectivity index (χ3v) is 3.75. The molecule has 2 rings (SSSR count). The van der Waals surface area contributed by atoms with Crippen LogP contribution in [0, 0.1) is 17.5 Å². The SMILES string of the molecule is C[C@@H](C(=O)Nc1ccc(F)c(F)c1F)[NH+](C)Cc1ccccc1. The number of carbonyl (C=O) groups is 1. The molecule has 1 amide bonds. The minimum absolute atomic E-state index is 0.367. The molecule has 0 saturated carbocycles. The highest BCUT2D eigenvalue weighted by molar-refractivity contribution is 5.93. The first-order valence-corrected chi connectivity index (χ1v) is 7.20. The molecule has 0 saturated heterocycles. The lowest BCUT2D eigenvalue weighted by Crippen LogP contribution is -3.12. The molecule has 2 aromatic carbocycles. The number of hydrogen-bond acceptors (Lipinski definition) is 1. The number of amides is 1. The maximum atomic E-state index is 13.6. The van der Waals surface area contributed by atoms with Crippen LogP contribution in [-0.2, 0) is 11.3 Å².